The second-order valence-corrected chi connectivity index (χ2v) is 8.83. The zero-order valence-corrected chi connectivity index (χ0v) is 22.8. The van der Waals surface area contributed by atoms with Crippen LogP contribution in [0.25, 0.3) is 0 Å². The molecule has 0 atom stereocenters. The second kappa shape index (κ2) is 16.1. The maximum Gasteiger partial charge on any atom is 0.191 e. The fourth-order valence-electron chi connectivity index (χ4n) is 3.44. The highest BCUT2D eigenvalue weighted by Crippen LogP contribution is 2.20. The zero-order valence-electron chi connectivity index (χ0n) is 19.7. The van der Waals surface area contributed by atoms with Gasteiger partial charge in [0.2, 0.25) is 0 Å². The molecule has 176 valence electrons. The first-order valence-corrected chi connectivity index (χ1v) is 12.3. The summed E-state index contributed by atoms with van der Waals surface area (Å²) in [5, 5.41) is 27.2. The lowest BCUT2D eigenvalue weighted by Gasteiger charge is -2.26. The lowest BCUT2D eigenvalue weighted by Crippen LogP contribution is -2.40. The summed E-state index contributed by atoms with van der Waals surface area (Å²) in [6.45, 7) is 13.7. The van der Waals surface area contributed by atoms with Crippen LogP contribution in [-0.2, 0) is 13.0 Å². The van der Waals surface area contributed by atoms with Gasteiger partial charge in [0.05, 0.1) is 12.1 Å². The number of halogens is 1. The molecule has 0 aliphatic carbocycles. The Balaban J connectivity index is 0.00000841. The number of aliphatic hydroxyl groups is 1. The molecular weight excluding hydrogens is 511 g/mol. The van der Waals surface area contributed by atoms with E-state index in [1.54, 1.807) is 11.8 Å². The molecule has 30 heavy (non-hydrogen) atoms. The van der Waals surface area contributed by atoms with Gasteiger partial charge in [-0.05, 0) is 38.4 Å². The molecule has 7 nitrogen and oxygen atoms in total. The Morgan fingerprint density at radius 2 is 1.83 bits per heavy atom. The molecule has 0 saturated carbocycles. The molecule has 0 aliphatic heterocycles. The molecule has 3 N–H and O–H groups in total. The van der Waals surface area contributed by atoms with Gasteiger partial charge in [-0.25, -0.2) is 0 Å². The maximum atomic E-state index is 10.8. The van der Waals surface area contributed by atoms with Crippen LogP contribution in [0.1, 0.15) is 72.5 Å². The predicted octanol–water partition coefficient (Wildman–Crippen LogP) is 4.09. The van der Waals surface area contributed by atoms with Crippen molar-refractivity contribution >= 4 is 41.7 Å². The molecule has 0 unspecified atom stereocenters. The number of aliphatic imine (C=N–C) groups is 1. The van der Waals surface area contributed by atoms with Gasteiger partial charge in [-0.3, -0.25) is 4.99 Å². The summed E-state index contributed by atoms with van der Waals surface area (Å²) in [6, 6.07) is 0. The van der Waals surface area contributed by atoms with Crippen molar-refractivity contribution in [2.24, 2.45) is 10.9 Å². The lowest BCUT2D eigenvalue weighted by molar-refractivity contribution is 0.0306. The van der Waals surface area contributed by atoms with Gasteiger partial charge in [-0.15, -0.1) is 34.2 Å². The first-order valence-electron chi connectivity index (χ1n) is 11.1. The third-order valence-corrected chi connectivity index (χ3v) is 5.37. The Morgan fingerprint density at radius 1 is 1.17 bits per heavy atom. The SMILES string of the molecule is CCCC(O)(CCC)CN=C(NCC)NCCCc1nnc(SC)n1CC(C)C.I. The molecule has 1 aromatic heterocycles. The molecule has 9 heteroatoms. The molecule has 0 amide bonds. The summed E-state index contributed by atoms with van der Waals surface area (Å²) in [5.41, 5.74) is -0.701. The van der Waals surface area contributed by atoms with E-state index in [-0.39, 0.29) is 24.0 Å². The minimum Gasteiger partial charge on any atom is -0.388 e. The Hall–Kier alpha value is -0.550. The van der Waals surface area contributed by atoms with Gasteiger partial charge >= 0.3 is 0 Å². The molecule has 0 aromatic carbocycles. The van der Waals surface area contributed by atoms with E-state index in [4.69, 9.17) is 0 Å². The first kappa shape index (κ1) is 29.5. The fraction of sp³-hybridized carbons (Fsp3) is 0.857. The van der Waals surface area contributed by atoms with Crippen LogP contribution < -0.4 is 10.6 Å². The van der Waals surface area contributed by atoms with Crippen LogP contribution in [0.5, 0.6) is 0 Å². The fourth-order valence-corrected chi connectivity index (χ4v) is 3.96. The number of guanidine groups is 1. The van der Waals surface area contributed by atoms with Crippen LogP contribution in [0.15, 0.2) is 10.1 Å². The summed E-state index contributed by atoms with van der Waals surface area (Å²) in [5.74, 6) is 2.38. The average Bonchev–Trinajstić information content (AvgIpc) is 3.04. The zero-order chi connectivity index (χ0) is 21.7. The molecule has 0 radical (unpaired) electrons. The van der Waals surface area contributed by atoms with Crippen molar-refractivity contribution in [2.45, 2.75) is 90.4 Å². The van der Waals surface area contributed by atoms with E-state index >= 15 is 0 Å². The van der Waals surface area contributed by atoms with Gasteiger partial charge in [0, 0.05) is 26.1 Å². The Labute approximate surface area is 204 Å². The number of aromatic nitrogens is 3. The van der Waals surface area contributed by atoms with Crippen molar-refractivity contribution in [1.29, 1.82) is 0 Å². The summed E-state index contributed by atoms with van der Waals surface area (Å²) < 4.78 is 2.24. The van der Waals surface area contributed by atoms with Gasteiger partial charge in [-0.1, -0.05) is 52.3 Å². The van der Waals surface area contributed by atoms with Crippen LogP contribution >= 0.6 is 35.7 Å². The van der Waals surface area contributed by atoms with E-state index in [1.807, 2.05) is 6.26 Å². The molecule has 1 heterocycles. The Bertz CT molecular complexity index is 602. The van der Waals surface area contributed by atoms with Crippen LogP contribution in [-0.4, -0.2) is 57.3 Å². The number of hydrogen-bond acceptors (Lipinski definition) is 5. The first-order chi connectivity index (χ1) is 13.9. The number of rotatable bonds is 14. The highest BCUT2D eigenvalue weighted by Gasteiger charge is 2.24. The van der Waals surface area contributed by atoms with Crippen LogP contribution in [0.4, 0.5) is 0 Å². The maximum absolute atomic E-state index is 10.8. The topological polar surface area (TPSA) is 87.4 Å². The third-order valence-electron chi connectivity index (χ3n) is 4.70. The van der Waals surface area contributed by atoms with Crippen LogP contribution in [0.3, 0.4) is 0 Å². The molecule has 0 spiro atoms. The normalized spacial score (nSPS) is 12.2. The number of thioether (sulfide) groups is 1. The molecule has 0 bridgehead atoms. The number of nitrogens with one attached hydrogen (secondary N) is 2. The summed E-state index contributed by atoms with van der Waals surface area (Å²) >= 11 is 1.65. The molecular formula is C21H43IN6OS. The van der Waals surface area contributed by atoms with Crippen molar-refractivity contribution < 1.29 is 5.11 Å². The Morgan fingerprint density at radius 3 is 2.37 bits per heavy atom. The number of nitrogens with zero attached hydrogens (tertiary/aromatic N) is 4. The van der Waals surface area contributed by atoms with E-state index in [0.29, 0.717) is 12.5 Å². The minimum atomic E-state index is -0.701. The van der Waals surface area contributed by atoms with Gasteiger partial charge < -0.3 is 20.3 Å². The van der Waals surface area contributed by atoms with Gasteiger partial charge in [-0.2, -0.15) is 0 Å². The van der Waals surface area contributed by atoms with Gasteiger partial charge in [0.1, 0.15) is 5.82 Å². The van der Waals surface area contributed by atoms with Crippen molar-refractivity contribution in [3.63, 3.8) is 0 Å². The second-order valence-electron chi connectivity index (χ2n) is 8.06. The van der Waals surface area contributed by atoms with Crippen molar-refractivity contribution in [3.8, 4) is 0 Å². The standard InChI is InChI=1S/C21H42N6OS.HI/c1-7-12-21(28,13-8-2)16-24-19(22-9-3)23-14-10-11-18-25-26-20(29-6)27(18)15-17(4)5;/h17,28H,7-16H2,1-6H3,(H2,22,23,24);1H. The largest absolute Gasteiger partial charge is 0.388 e. The quantitative estimate of drug-likeness (QED) is 0.106. The summed E-state index contributed by atoms with van der Waals surface area (Å²) in [4.78, 5) is 4.65. The van der Waals surface area contributed by atoms with E-state index in [0.717, 1.165) is 75.1 Å². The average molecular weight is 555 g/mol. The highest BCUT2D eigenvalue weighted by molar-refractivity contribution is 14.0. The Kier molecular flexibility index (Phi) is 15.8. The number of aryl methyl sites for hydroxylation is 1. The smallest absolute Gasteiger partial charge is 0.191 e. The van der Waals surface area contributed by atoms with E-state index < -0.39 is 5.60 Å². The minimum absolute atomic E-state index is 0. The highest BCUT2D eigenvalue weighted by atomic mass is 127. The van der Waals surface area contributed by atoms with Crippen LogP contribution in [0.2, 0.25) is 0 Å². The monoisotopic (exact) mass is 554 g/mol. The molecule has 1 rings (SSSR count). The predicted molar refractivity (Wildman–Crippen MR) is 139 cm³/mol. The van der Waals surface area contributed by atoms with E-state index in [2.05, 4.69) is 65.0 Å². The van der Waals surface area contributed by atoms with E-state index in [1.165, 1.54) is 0 Å². The lowest BCUT2D eigenvalue weighted by atomic mass is 9.93. The van der Waals surface area contributed by atoms with E-state index in [9.17, 15) is 5.11 Å². The molecule has 0 saturated heterocycles. The molecule has 0 aliphatic rings. The third kappa shape index (κ3) is 10.7. The summed E-state index contributed by atoms with van der Waals surface area (Å²) in [7, 11) is 0. The van der Waals surface area contributed by atoms with Crippen molar-refractivity contribution in [3.05, 3.63) is 5.82 Å². The molecule has 1 aromatic rings. The summed E-state index contributed by atoms with van der Waals surface area (Å²) in [6.07, 6.45) is 7.37. The van der Waals surface area contributed by atoms with Crippen molar-refractivity contribution in [1.82, 2.24) is 25.4 Å². The van der Waals surface area contributed by atoms with Crippen molar-refractivity contribution in [2.75, 3.05) is 25.9 Å². The molecule has 0 fully saturated rings. The van der Waals surface area contributed by atoms with Crippen LogP contribution in [0, 0.1) is 5.92 Å². The van der Waals surface area contributed by atoms with Gasteiger partial charge in [0.25, 0.3) is 0 Å². The number of hydrogen-bond donors (Lipinski definition) is 3. The van der Waals surface area contributed by atoms with Gasteiger partial charge in [0.15, 0.2) is 11.1 Å².